The molecular formula is C26H24ClNO5. The number of carbonyl (C=O) groups excluding carboxylic acids is 2. The maximum absolute atomic E-state index is 12.3. The first kappa shape index (κ1) is 23.0. The number of rotatable bonds is 7. The van der Waals surface area contributed by atoms with E-state index in [-0.39, 0.29) is 35.4 Å². The zero-order chi connectivity index (χ0) is 23.5. The quantitative estimate of drug-likeness (QED) is 0.447. The number of amides is 1. The van der Waals surface area contributed by atoms with Crippen LogP contribution in [0.5, 0.6) is 0 Å². The summed E-state index contributed by atoms with van der Waals surface area (Å²) in [6, 6.07) is 20.5. The van der Waals surface area contributed by atoms with E-state index < -0.39 is 18.3 Å². The highest BCUT2D eigenvalue weighted by Crippen LogP contribution is 2.44. The van der Waals surface area contributed by atoms with E-state index in [0.717, 1.165) is 22.3 Å². The van der Waals surface area contributed by atoms with Gasteiger partial charge >= 0.3 is 6.09 Å². The molecule has 0 spiro atoms. The predicted molar refractivity (Wildman–Crippen MR) is 125 cm³/mol. The highest BCUT2D eigenvalue weighted by Gasteiger charge is 2.29. The van der Waals surface area contributed by atoms with Gasteiger partial charge in [-0.1, -0.05) is 66.2 Å². The predicted octanol–water partition coefficient (Wildman–Crippen LogP) is 4.48. The standard InChI is InChI=1S/C26H24ClNO5/c1-15(29)21-12-16(10-11-23(21)27)25(31)24(30)13-28-26(32)33-14-22-19-8-4-2-6-17(19)18-7-3-5-9-20(18)22/h2-12,22,24-25,30-31H,13-14H2,1H3,(H,28,32). The average Bonchev–Trinajstić information content (AvgIpc) is 3.14. The smallest absolute Gasteiger partial charge is 0.407 e. The summed E-state index contributed by atoms with van der Waals surface area (Å²) >= 11 is 5.99. The van der Waals surface area contributed by atoms with Gasteiger partial charge < -0.3 is 20.3 Å². The van der Waals surface area contributed by atoms with Crippen molar-refractivity contribution in [2.24, 2.45) is 0 Å². The highest BCUT2D eigenvalue weighted by atomic mass is 35.5. The van der Waals surface area contributed by atoms with Crippen molar-refractivity contribution in [3.05, 3.63) is 94.0 Å². The Morgan fingerprint density at radius 3 is 2.21 bits per heavy atom. The van der Waals surface area contributed by atoms with Crippen LogP contribution in [-0.2, 0) is 4.74 Å². The molecule has 3 aromatic carbocycles. The first-order valence-electron chi connectivity index (χ1n) is 10.6. The van der Waals surface area contributed by atoms with Gasteiger partial charge in [0.15, 0.2) is 5.78 Å². The van der Waals surface area contributed by atoms with E-state index in [0.29, 0.717) is 5.56 Å². The fourth-order valence-electron chi connectivity index (χ4n) is 4.17. The summed E-state index contributed by atoms with van der Waals surface area (Å²) in [5, 5.41) is 23.5. The van der Waals surface area contributed by atoms with Crippen LogP contribution >= 0.6 is 11.6 Å². The second-order valence-electron chi connectivity index (χ2n) is 8.01. The summed E-state index contributed by atoms with van der Waals surface area (Å²) < 4.78 is 5.44. The number of benzene rings is 3. The minimum Gasteiger partial charge on any atom is -0.449 e. The molecule has 3 N–H and O–H groups in total. The van der Waals surface area contributed by atoms with E-state index in [9.17, 15) is 19.8 Å². The van der Waals surface area contributed by atoms with Crippen LogP contribution in [-0.4, -0.2) is 41.3 Å². The molecule has 2 atom stereocenters. The number of hydrogen-bond donors (Lipinski definition) is 3. The average molecular weight is 466 g/mol. The lowest BCUT2D eigenvalue weighted by Crippen LogP contribution is -2.36. The molecule has 33 heavy (non-hydrogen) atoms. The second kappa shape index (κ2) is 9.75. The number of aliphatic hydroxyl groups is 2. The zero-order valence-corrected chi connectivity index (χ0v) is 18.8. The van der Waals surface area contributed by atoms with Gasteiger partial charge in [0.2, 0.25) is 0 Å². The number of alkyl carbamates (subject to hydrolysis) is 1. The molecule has 1 amide bonds. The maximum Gasteiger partial charge on any atom is 0.407 e. The molecule has 6 nitrogen and oxygen atoms in total. The van der Waals surface area contributed by atoms with E-state index in [2.05, 4.69) is 17.4 Å². The van der Waals surface area contributed by atoms with Crippen LogP contribution in [0, 0.1) is 0 Å². The monoisotopic (exact) mass is 465 g/mol. The lowest BCUT2D eigenvalue weighted by molar-refractivity contribution is 0.0185. The molecule has 1 aliphatic carbocycles. The Morgan fingerprint density at radius 2 is 1.61 bits per heavy atom. The Bertz CT molecular complexity index is 1150. The minimum absolute atomic E-state index is 0.0715. The van der Waals surface area contributed by atoms with Crippen LogP contribution in [0.15, 0.2) is 66.7 Å². The second-order valence-corrected chi connectivity index (χ2v) is 8.42. The van der Waals surface area contributed by atoms with Crippen LogP contribution < -0.4 is 5.32 Å². The molecule has 0 aromatic heterocycles. The highest BCUT2D eigenvalue weighted by molar-refractivity contribution is 6.33. The van der Waals surface area contributed by atoms with Gasteiger partial charge in [0.25, 0.3) is 0 Å². The summed E-state index contributed by atoms with van der Waals surface area (Å²) in [6.07, 6.45) is -3.30. The fourth-order valence-corrected chi connectivity index (χ4v) is 4.42. The molecule has 0 saturated heterocycles. The Morgan fingerprint density at radius 1 is 1.00 bits per heavy atom. The van der Waals surface area contributed by atoms with E-state index in [1.807, 2.05) is 36.4 Å². The van der Waals surface area contributed by atoms with Crippen molar-refractivity contribution in [1.82, 2.24) is 5.32 Å². The van der Waals surface area contributed by atoms with Crippen molar-refractivity contribution >= 4 is 23.5 Å². The van der Waals surface area contributed by atoms with Gasteiger partial charge in [-0.2, -0.15) is 0 Å². The summed E-state index contributed by atoms with van der Waals surface area (Å²) in [4.78, 5) is 23.9. The third kappa shape index (κ3) is 4.78. The molecule has 0 saturated carbocycles. The number of fused-ring (bicyclic) bond motifs is 3. The molecule has 0 aliphatic heterocycles. The molecule has 0 bridgehead atoms. The van der Waals surface area contributed by atoms with Gasteiger partial charge in [0, 0.05) is 18.0 Å². The summed E-state index contributed by atoms with van der Waals surface area (Å²) in [6.45, 7) is 1.29. The fraction of sp³-hybridized carbons (Fsp3) is 0.231. The molecule has 4 rings (SSSR count). The van der Waals surface area contributed by atoms with Crippen LogP contribution in [0.1, 0.15) is 46.0 Å². The van der Waals surface area contributed by atoms with Crippen molar-refractivity contribution in [2.75, 3.05) is 13.2 Å². The van der Waals surface area contributed by atoms with Crippen molar-refractivity contribution < 1.29 is 24.5 Å². The Balaban J connectivity index is 1.35. The van der Waals surface area contributed by atoms with Crippen molar-refractivity contribution in [1.29, 1.82) is 0 Å². The van der Waals surface area contributed by atoms with Gasteiger partial charge in [-0.3, -0.25) is 4.79 Å². The molecule has 0 radical (unpaired) electrons. The first-order valence-corrected chi connectivity index (χ1v) is 11.0. The molecule has 2 unspecified atom stereocenters. The molecule has 0 fully saturated rings. The largest absolute Gasteiger partial charge is 0.449 e. The number of nitrogens with one attached hydrogen (secondary N) is 1. The van der Waals surface area contributed by atoms with E-state index >= 15 is 0 Å². The Hall–Kier alpha value is -3.19. The molecule has 170 valence electrons. The Labute approximate surface area is 196 Å². The molecule has 0 heterocycles. The van der Waals surface area contributed by atoms with E-state index in [4.69, 9.17) is 16.3 Å². The number of Topliss-reactive ketones (excluding diaryl/α,β-unsaturated/α-hetero) is 1. The molecule has 3 aromatic rings. The first-order chi connectivity index (χ1) is 15.9. The lowest BCUT2D eigenvalue weighted by Gasteiger charge is -2.20. The van der Waals surface area contributed by atoms with Crippen LogP contribution in [0.25, 0.3) is 11.1 Å². The van der Waals surface area contributed by atoms with E-state index in [1.165, 1.54) is 25.1 Å². The summed E-state index contributed by atoms with van der Waals surface area (Å²) in [7, 11) is 0. The number of ether oxygens (including phenoxy) is 1. The van der Waals surface area contributed by atoms with Gasteiger partial charge in [-0.25, -0.2) is 4.79 Å². The Kier molecular flexibility index (Phi) is 6.79. The van der Waals surface area contributed by atoms with Crippen molar-refractivity contribution in [3.63, 3.8) is 0 Å². The lowest BCUT2D eigenvalue weighted by atomic mass is 9.98. The topological polar surface area (TPSA) is 95.9 Å². The minimum atomic E-state index is -1.31. The van der Waals surface area contributed by atoms with Gasteiger partial charge in [-0.05, 0) is 46.9 Å². The SMILES string of the molecule is CC(=O)c1cc(C(O)C(O)CNC(=O)OCC2c3ccccc3-c3ccccc32)ccc1Cl. The zero-order valence-electron chi connectivity index (χ0n) is 18.0. The van der Waals surface area contributed by atoms with Crippen molar-refractivity contribution in [3.8, 4) is 11.1 Å². The maximum atomic E-state index is 12.3. The number of aliphatic hydroxyl groups excluding tert-OH is 2. The normalized spacial score (nSPS) is 14.2. The van der Waals surface area contributed by atoms with Crippen LogP contribution in [0.3, 0.4) is 0 Å². The third-order valence-corrected chi connectivity index (χ3v) is 6.20. The van der Waals surface area contributed by atoms with Crippen LogP contribution in [0.2, 0.25) is 5.02 Å². The number of halogens is 1. The van der Waals surface area contributed by atoms with E-state index in [1.54, 1.807) is 0 Å². The van der Waals surface area contributed by atoms with Gasteiger partial charge in [-0.15, -0.1) is 0 Å². The third-order valence-electron chi connectivity index (χ3n) is 5.87. The van der Waals surface area contributed by atoms with Gasteiger partial charge in [0.05, 0.1) is 5.02 Å². The van der Waals surface area contributed by atoms with Crippen LogP contribution in [0.4, 0.5) is 4.79 Å². The number of hydrogen-bond acceptors (Lipinski definition) is 5. The molecule has 1 aliphatic rings. The summed E-state index contributed by atoms with van der Waals surface area (Å²) in [5.74, 6) is -0.321. The molecule has 7 heteroatoms. The van der Waals surface area contributed by atoms with Gasteiger partial charge in [0.1, 0.15) is 18.8 Å². The molecular weight excluding hydrogens is 442 g/mol. The number of carbonyl (C=O) groups is 2. The summed E-state index contributed by atoms with van der Waals surface area (Å²) in [5.41, 5.74) is 5.05. The number of ketones is 1. The van der Waals surface area contributed by atoms with Crippen molar-refractivity contribution in [2.45, 2.75) is 25.0 Å².